The predicted octanol–water partition coefficient (Wildman–Crippen LogP) is 0.540. The normalized spacial score (nSPS) is 21.1. The molecular weight excluding hydrogens is 274 g/mol. The summed E-state index contributed by atoms with van der Waals surface area (Å²) in [7, 11) is 0. The van der Waals surface area contributed by atoms with Gasteiger partial charge in [0.2, 0.25) is 17.7 Å². The minimum Gasteiger partial charge on any atom is -0.354 e. The van der Waals surface area contributed by atoms with Crippen LogP contribution in [0.5, 0.6) is 0 Å². The molecule has 1 spiro atoms. The molecule has 2 rings (SSSR count). The molecular formula is C14H21N3O4. The lowest BCUT2D eigenvalue weighted by Crippen LogP contribution is -2.63. The molecule has 0 radical (unpaired) electrons. The minimum atomic E-state index is -1.09. The second-order valence-corrected chi connectivity index (χ2v) is 5.98. The van der Waals surface area contributed by atoms with Crippen LogP contribution in [-0.4, -0.2) is 41.2 Å². The lowest BCUT2D eigenvalue weighted by molar-refractivity contribution is -0.151. The third-order valence-corrected chi connectivity index (χ3v) is 4.02. The molecule has 116 valence electrons. The molecule has 1 saturated heterocycles. The van der Waals surface area contributed by atoms with Crippen LogP contribution >= 0.6 is 0 Å². The Morgan fingerprint density at radius 1 is 1.29 bits per heavy atom. The van der Waals surface area contributed by atoms with E-state index in [2.05, 4.69) is 10.6 Å². The number of hydrogen-bond donors (Lipinski definition) is 2. The van der Waals surface area contributed by atoms with E-state index in [9.17, 15) is 19.2 Å². The van der Waals surface area contributed by atoms with Crippen LogP contribution in [0, 0.1) is 5.41 Å². The van der Waals surface area contributed by atoms with Crippen molar-refractivity contribution in [1.82, 2.24) is 15.5 Å². The van der Waals surface area contributed by atoms with E-state index in [1.165, 1.54) is 0 Å². The quantitative estimate of drug-likeness (QED) is 0.740. The van der Waals surface area contributed by atoms with E-state index >= 15 is 0 Å². The summed E-state index contributed by atoms with van der Waals surface area (Å²) in [5.74, 6) is -1.16. The van der Waals surface area contributed by atoms with Crippen molar-refractivity contribution in [3.8, 4) is 0 Å². The van der Waals surface area contributed by atoms with E-state index in [4.69, 9.17) is 0 Å². The Bertz CT molecular complexity index is 481. The monoisotopic (exact) mass is 295 g/mol. The Labute approximate surface area is 123 Å². The lowest BCUT2D eigenvalue weighted by Gasteiger charge is -2.36. The molecule has 0 bridgehead atoms. The maximum atomic E-state index is 12.5. The zero-order valence-corrected chi connectivity index (χ0v) is 12.4. The number of amides is 5. The summed E-state index contributed by atoms with van der Waals surface area (Å²) in [6.07, 6.45) is 2.59. The number of carbonyl (C=O) groups is 4. The van der Waals surface area contributed by atoms with Gasteiger partial charge >= 0.3 is 6.03 Å². The molecule has 1 saturated carbocycles. The van der Waals surface area contributed by atoms with Gasteiger partial charge in [-0.05, 0) is 26.7 Å². The highest BCUT2D eigenvalue weighted by molar-refractivity contribution is 6.19. The third-order valence-electron chi connectivity index (χ3n) is 4.02. The van der Waals surface area contributed by atoms with Crippen LogP contribution in [-0.2, 0) is 14.4 Å². The Morgan fingerprint density at radius 2 is 1.90 bits per heavy atom. The van der Waals surface area contributed by atoms with Gasteiger partial charge in [-0.25, -0.2) is 4.79 Å². The Balaban J connectivity index is 2.05. The first kappa shape index (κ1) is 15.5. The van der Waals surface area contributed by atoms with Crippen LogP contribution in [0.4, 0.5) is 4.79 Å². The van der Waals surface area contributed by atoms with Crippen LogP contribution in [0.15, 0.2) is 0 Å². The average molecular weight is 295 g/mol. The summed E-state index contributed by atoms with van der Waals surface area (Å²) in [4.78, 5) is 49.0. The molecule has 0 atom stereocenters. The van der Waals surface area contributed by atoms with E-state index in [-0.39, 0.29) is 24.9 Å². The molecule has 21 heavy (non-hydrogen) atoms. The second-order valence-electron chi connectivity index (χ2n) is 5.98. The fourth-order valence-electron chi connectivity index (χ4n) is 2.96. The summed E-state index contributed by atoms with van der Waals surface area (Å²) >= 11 is 0. The largest absolute Gasteiger partial charge is 0.354 e. The van der Waals surface area contributed by atoms with Gasteiger partial charge in [0, 0.05) is 19.0 Å². The van der Waals surface area contributed by atoms with E-state index in [0.717, 1.165) is 17.7 Å². The molecule has 2 fully saturated rings. The number of barbiturate groups is 1. The number of hydrogen-bond acceptors (Lipinski definition) is 4. The van der Waals surface area contributed by atoms with Gasteiger partial charge in [-0.2, -0.15) is 0 Å². The highest BCUT2D eigenvalue weighted by Crippen LogP contribution is 2.41. The molecule has 2 N–H and O–H groups in total. The summed E-state index contributed by atoms with van der Waals surface area (Å²) < 4.78 is 0. The van der Waals surface area contributed by atoms with Gasteiger partial charge in [-0.1, -0.05) is 12.8 Å². The fourth-order valence-corrected chi connectivity index (χ4v) is 2.96. The molecule has 1 aliphatic heterocycles. The maximum absolute atomic E-state index is 12.5. The Morgan fingerprint density at radius 3 is 2.48 bits per heavy atom. The smallest absolute Gasteiger partial charge is 0.330 e. The van der Waals surface area contributed by atoms with Crippen LogP contribution in [0.2, 0.25) is 0 Å². The number of nitrogens with one attached hydrogen (secondary N) is 2. The lowest BCUT2D eigenvalue weighted by atomic mass is 9.82. The van der Waals surface area contributed by atoms with Crippen LogP contribution in [0.1, 0.15) is 46.0 Å². The fraction of sp³-hybridized carbons (Fsp3) is 0.714. The molecule has 7 nitrogen and oxygen atoms in total. The second kappa shape index (κ2) is 5.83. The van der Waals surface area contributed by atoms with E-state index in [1.54, 1.807) is 0 Å². The summed E-state index contributed by atoms with van der Waals surface area (Å²) in [6.45, 7) is 3.67. The van der Waals surface area contributed by atoms with Crippen molar-refractivity contribution >= 4 is 23.8 Å². The van der Waals surface area contributed by atoms with Crippen molar-refractivity contribution < 1.29 is 19.2 Å². The summed E-state index contributed by atoms with van der Waals surface area (Å²) in [6, 6.07) is -0.717. The molecule has 1 heterocycles. The maximum Gasteiger partial charge on any atom is 0.330 e. The first-order valence-corrected chi connectivity index (χ1v) is 7.33. The zero-order chi connectivity index (χ0) is 15.6. The molecule has 2 aliphatic rings. The van der Waals surface area contributed by atoms with Gasteiger partial charge in [0.05, 0.1) is 0 Å². The van der Waals surface area contributed by atoms with E-state index < -0.39 is 23.3 Å². The first-order chi connectivity index (χ1) is 9.86. The number of urea groups is 1. The number of imide groups is 2. The molecule has 0 aromatic heterocycles. The van der Waals surface area contributed by atoms with Gasteiger partial charge in [-0.15, -0.1) is 0 Å². The third kappa shape index (κ3) is 2.91. The van der Waals surface area contributed by atoms with Gasteiger partial charge in [0.25, 0.3) is 0 Å². The molecule has 1 aliphatic carbocycles. The van der Waals surface area contributed by atoms with Crippen molar-refractivity contribution in [2.45, 2.75) is 52.0 Å². The van der Waals surface area contributed by atoms with Gasteiger partial charge < -0.3 is 5.32 Å². The average Bonchev–Trinajstić information content (AvgIpc) is 2.86. The molecule has 0 aromatic rings. The molecule has 0 unspecified atom stereocenters. The topological polar surface area (TPSA) is 95.6 Å². The predicted molar refractivity (Wildman–Crippen MR) is 74.0 cm³/mol. The van der Waals surface area contributed by atoms with Crippen LogP contribution < -0.4 is 10.6 Å². The van der Waals surface area contributed by atoms with Gasteiger partial charge in [-0.3, -0.25) is 24.6 Å². The van der Waals surface area contributed by atoms with Crippen molar-refractivity contribution in [3.63, 3.8) is 0 Å². The molecule has 0 aromatic carbocycles. The van der Waals surface area contributed by atoms with Crippen molar-refractivity contribution in [2.75, 3.05) is 6.54 Å². The van der Waals surface area contributed by atoms with Gasteiger partial charge in [0.15, 0.2) is 0 Å². The van der Waals surface area contributed by atoms with Crippen molar-refractivity contribution in [3.05, 3.63) is 0 Å². The number of carbonyl (C=O) groups excluding carboxylic acids is 4. The molecule has 7 heteroatoms. The molecule has 5 amide bonds. The SMILES string of the molecule is CC(C)NC(=O)CCN1C(=O)NC(=O)C2(CCCC2)C1=O. The Hall–Kier alpha value is -1.92. The van der Waals surface area contributed by atoms with Crippen molar-refractivity contribution in [1.29, 1.82) is 0 Å². The minimum absolute atomic E-state index is 0.00174. The van der Waals surface area contributed by atoms with Crippen molar-refractivity contribution in [2.24, 2.45) is 5.41 Å². The van der Waals surface area contributed by atoms with Crippen LogP contribution in [0.25, 0.3) is 0 Å². The van der Waals surface area contributed by atoms with E-state index in [1.807, 2.05) is 13.8 Å². The standard InChI is InChI=1S/C14H21N3O4/c1-9(2)15-10(18)5-8-17-12(20)14(6-3-4-7-14)11(19)16-13(17)21/h9H,3-8H2,1-2H3,(H,15,18)(H,16,19,21). The summed E-state index contributed by atoms with van der Waals surface area (Å²) in [5, 5.41) is 4.96. The van der Waals surface area contributed by atoms with Gasteiger partial charge in [0.1, 0.15) is 5.41 Å². The Kier molecular flexibility index (Phi) is 4.29. The zero-order valence-electron chi connectivity index (χ0n) is 12.4. The first-order valence-electron chi connectivity index (χ1n) is 7.33. The number of rotatable bonds is 4. The van der Waals surface area contributed by atoms with Crippen LogP contribution in [0.3, 0.4) is 0 Å². The highest BCUT2D eigenvalue weighted by Gasteiger charge is 2.54. The number of nitrogens with zero attached hydrogens (tertiary/aromatic N) is 1. The highest BCUT2D eigenvalue weighted by atomic mass is 16.2. The van der Waals surface area contributed by atoms with E-state index in [0.29, 0.717) is 12.8 Å². The summed E-state index contributed by atoms with van der Waals surface area (Å²) in [5.41, 5.74) is -1.09.